The Kier molecular flexibility index (Phi) is 4.25. The molecule has 1 fully saturated rings. The second-order valence-corrected chi connectivity index (χ2v) is 6.60. The van der Waals surface area contributed by atoms with E-state index < -0.39 is 38.8 Å². The van der Waals surface area contributed by atoms with E-state index in [1.165, 1.54) is 0 Å². The maximum atomic E-state index is 13.6. The van der Waals surface area contributed by atoms with E-state index in [9.17, 15) is 30.4 Å². The van der Waals surface area contributed by atoms with Crippen LogP contribution < -0.4 is 0 Å². The molecule has 1 unspecified atom stereocenters. The van der Waals surface area contributed by atoms with Gasteiger partial charge in [0.15, 0.2) is 0 Å². The first-order valence-electron chi connectivity index (χ1n) is 6.17. The number of benzene rings is 1. The van der Waals surface area contributed by atoms with Gasteiger partial charge in [-0.3, -0.25) is 0 Å². The van der Waals surface area contributed by atoms with Gasteiger partial charge in [-0.2, -0.15) is 17.5 Å². The van der Waals surface area contributed by atoms with Crippen molar-refractivity contribution in [2.45, 2.75) is 36.4 Å². The van der Waals surface area contributed by atoms with Crippen LogP contribution in [0.2, 0.25) is 0 Å². The molecule has 21 heavy (non-hydrogen) atoms. The highest BCUT2D eigenvalue weighted by molar-refractivity contribution is 7.89. The zero-order valence-corrected chi connectivity index (χ0v) is 11.5. The van der Waals surface area contributed by atoms with E-state index in [0.717, 1.165) is 0 Å². The summed E-state index contributed by atoms with van der Waals surface area (Å²) in [6.45, 7) is -0.373. The van der Waals surface area contributed by atoms with Gasteiger partial charge in [-0.25, -0.2) is 17.2 Å². The zero-order chi connectivity index (χ0) is 15.8. The second-order valence-electron chi connectivity index (χ2n) is 4.74. The Bertz CT molecular complexity index is 629. The minimum absolute atomic E-state index is 0.217. The Hall–Kier alpha value is -1.22. The number of piperidine rings is 1. The summed E-state index contributed by atoms with van der Waals surface area (Å²) >= 11 is 0. The van der Waals surface area contributed by atoms with E-state index in [1.54, 1.807) is 0 Å². The molecule has 0 radical (unpaired) electrons. The van der Waals surface area contributed by atoms with E-state index >= 15 is 0 Å². The third-order valence-electron chi connectivity index (χ3n) is 3.31. The molecule has 9 heteroatoms. The fourth-order valence-electron chi connectivity index (χ4n) is 2.32. The lowest BCUT2D eigenvalue weighted by Gasteiger charge is -2.35. The topological polar surface area (TPSA) is 37.4 Å². The quantitative estimate of drug-likeness (QED) is 0.782. The standard InChI is InChI=1S/C12H12F5NO2S/c13-8-4-5-9(14)10(7-8)21(19,20)18-6-2-1-3-11(18)12(15,16)17/h4-5,7,11H,1-3,6H2. The van der Waals surface area contributed by atoms with Gasteiger partial charge in [-0.1, -0.05) is 6.42 Å². The van der Waals surface area contributed by atoms with Gasteiger partial charge in [0, 0.05) is 6.54 Å². The molecule has 1 aromatic carbocycles. The van der Waals surface area contributed by atoms with Gasteiger partial charge < -0.3 is 0 Å². The highest BCUT2D eigenvalue weighted by atomic mass is 32.2. The molecule has 0 spiro atoms. The van der Waals surface area contributed by atoms with Crippen molar-refractivity contribution in [2.75, 3.05) is 6.54 Å². The molecule has 1 aliphatic rings. The molecule has 0 aromatic heterocycles. The van der Waals surface area contributed by atoms with Gasteiger partial charge in [-0.05, 0) is 31.0 Å². The number of hydrogen-bond donors (Lipinski definition) is 0. The van der Waals surface area contributed by atoms with E-state index in [4.69, 9.17) is 0 Å². The van der Waals surface area contributed by atoms with Crippen molar-refractivity contribution in [3.8, 4) is 0 Å². The molecule has 0 saturated carbocycles. The van der Waals surface area contributed by atoms with Crippen molar-refractivity contribution in [2.24, 2.45) is 0 Å². The summed E-state index contributed by atoms with van der Waals surface area (Å²) in [6.07, 6.45) is -4.68. The predicted octanol–water partition coefficient (Wildman–Crippen LogP) is 3.07. The lowest BCUT2D eigenvalue weighted by Crippen LogP contribution is -2.51. The number of sulfonamides is 1. The average molecular weight is 329 g/mol. The third kappa shape index (κ3) is 3.18. The fourth-order valence-corrected chi connectivity index (χ4v) is 4.08. The summed E-state index contributed by atoms with van der Waals surface area (Å²) in [5.41, 5.74) is 0. The largest absolute Gasteiger partial charge is 0.405 e. The first-order chi connectivity index (χ1) is 9.64. The molecule has 2 rings (SSSR count). The summed E-state index contributed by atoms with van der Waals surface area (Å²) in [5.74, 6) is -2.31. The van der Waals surface area contributed by atoms with E-state index in [1.807, 2.05) is 0 Å². The van der Waals surface area contributed by atoms with Crippen LogP contribution in [0.3, 0.4) is 0 Å². The summed E-state index contributed by atoms with van der Waals surface area (Å²) in [6, 6.07) is -0.535. The summed E-state index contributed by atoms with van der Waals surface area (Å²) in [7, 11) is -4.75. The van der Waals surface area contributed by atoms with Gasteiger partial charge >= 0.3 is 6.18 Å². The summed E-state index contributed by atoms with van der Waals surface area (Å²) in [4.78, 5) is -1.07. The maximum Gasteiger partial charge on any atom is 0.405 e. The number of halogens is 5. The molecule has 0 aliphatic carbocycles. The van der Waals surface area contributed by atoms with Crippen LogP contribution in [0.25, 0.3) is 0 Å². The molecular formula is C12H12F5NO2S. The lowest BCUT2D eigenvalue weighted by atomic mass is 10.0. The normalized spacial score (nSPS) is 21.5. The van der Waals surface area contributed by atoms with E-state index in [2.05, 4.69) is 0 Å². The smallest absolute Gasteiger partial charge is 0.207 e. The number of hydrogen-bond acceptors (Lipinski definition) is 2. The van der Waals surface area contributed by atoms with Crippen LogP contribution in [0.4, 0.5) is 22.0 Å². The van der Waals surface area contributed by atoms with Crippen LogP contribution in [0, 0.1) is 11.6 Å². The van der Waals surface area contributed by atoms with Crippen LogP contribution >= 0.6 is 0 Å². The number of rotatable bonds is 2. The number of nitrogens with zero attached hydrogens (tertiary/aromatic N) is 1. The zero-order valence-electron chi connectivity index (χ0n) is 10.7. The Labute approximate surface area is 118 Å². The molecule has 0 bridgehead atoms. The molecule has 0 N–H and O–H groups in total. The van der Waals surface area contributed by atoms with Crippen molar-refractivity contribution < 1.29 is 30.4 Å². The van der Waals surface area contributed by atoms with Crippen molar-refractivity contribution in [1.29, 1.82) is 0 Å². The third-order valence-corrected chi connectivity index (χ3v) is 5.23. The molecule has 1 saturated heterocycles. The molecular weight excluding hydrogens is 317 g/mol. The summed E-state index contributed by atoms with van der Waals surface area (Å²) < 4.78 is 90.2. The van der Waals surface area contributed by atoms with E-state index in [-0.39, 0.29) is 30.1 Å². The highest BCUT2D eigenvalue weighted by Gasteiger charge is 2.49. The van der Waals surface area contributed by atoms with E-state index in [0.29, 0.717) is 18.2 Å². The average Bonchev–Trinajstić information content (AvgIpc) is 2.40. The van der Waals surface area contributed by atoms with Crippen LogP contribution in [-0.2, 0) is 10.0 Å². The molecule has 118 valence electrons. The van der Waals surface area contributed by atoms with Gasteiger partial charge in [0.2, 0.25) is 10.0 Å². The first kappa shape index (κ1) is 16.2. The van der Waals surface area contributed by atoms with Crippen molar-refractivity contribution >= 4 is 10.0 Å². The Balaban J connectivity index is 2.48. The molecule has 1 atom stereocenters. The Morgan fingerprint density at radius 3 is 2.43 bits per heavy atom. The molecule has 1 aromatic rings. The second kappa shape index (κ2) is 5.53. The van der Waals surface area contributed by atoms with Crippen LogP contribution in [0.5, 0.6) is 0 Å². The Morgan fingerprint density at radius 2 is 1.81 bits per heavy atom. The predicted molar refractivity (Wildman–Crippen MR) is 63.9 cm³/mol. The first-order valence-corrected chi connectivity index (χ1v) is 7.61. The molecule has 0 amide bonds. The van der Waals surface area contributed by atoms with Crippen LogP contribution in [0.15, 0.2) is 23.1 Å². The lowest BCUT2D eigenvalue weighted by molar-refractivity contribution is -0.177. The SMILES string of the molecule is O=S(=O)(c1cc(F)ccc1F)N1CCCCC1C(F)(F)F. The van der Waals surface area contributed by atoms with Crippen molar-refractivity contribution in [3.05, 3.63) is 29.8 Å². The monoisotopic (exact) mass is 329 g/mol. The van der Waals surface area contributed by atoms with Crippen molar-refractivity contribution in [1.82, 2.24) is 4.31 Å². The molecule has 1 aliphatic heterocycles. The fraction of sp³-hybridized carbons (Fsp3) is 0.500. The highest BCUT2D eigenvalue weighted by Crippen LogP contribution is 2.35. The minimum atomic E-state index is -4.75. The number of alkyl halides is 3. The molecule has 1 heterocycles. The molecule has 3 nitrogen and oxygen atoms in total. The van der Waals surface area contributed by atoms with Gasteiger partial charge in [0.05, 0.1) is 0 Å². The van der Waals surface area contributed by atoms with Crippen molar-refractivity contribution in [3.63, 3.8) is 0 Å². The van der Waals surface area contributed by atoms with Gasteiger partial charge in [0.1, 0.15) is 22.6 Å². The maximum absolute atomic E-state index is 13.6. The Morgan fingerprint density at radius 1 is 1.14 bits per heavy atom. The minimum Gasteiger partial charge on any atom is -0.207 e. The van der Waals surface area contributed by atoms with Crippen LogP contribution in [0.1, 0.15) is 19.3 Å². The van der Waals surface area contributed by atoms with Gasteiger partial charge in [0.25, 0.3) is 0 Å². The summed E-state index contributed by atoms with van der Waals surface area (Å²) in [5, 5.41) is 0. The van der Waals surface area contributed by atoms with Crippen LogP contribution in [-0.4, -0.2) is 31.5 Å². The van der Waals surface area contributed by atoms with Gasteiger partial charge in [-0.15, -0.1) is 0 Å².